The van der Waals surface area contributed by atoms with Crippen molar-refractivity contribution in [2.45, 2.75) is 0 Å². The molecule has 0 aromatic carbocycles. The fourth-order valence-electron chi connectivity index (χ4n) is 1.43. The highest BCUT2D eigenvalue weighted by Gasteiger charge is 2.22. The Morgan fingerprint density at radius 3 is 2.80 bits per heavy atom. The minimum atomic E-state index is -0.431. The van der Waals surface area contributed by atoms with Gasteiger partial charge >= 0.3 is 5.69 Å². The Labute approximate surface area is 84.5 Å². The summed E-state index contributed by atoms with van der Waals surface area (Å²) in [7, 11) is 0. The van der Waals surface area contributed by atoms with Crippen molar-refractivity contribution in [3.8, 4) is 0 Å². The van der Waals surface area contributed by atoms with Crippen LogP contribution in [0, 0.1) is 0 Å². The summed E-state index contributed by atoms with van der Waals surface area (Å²) in [5, 5.41) is 2.61. The second kappa shape index (κ2) is 3.60. The van der Waals surface area contributed by atoms with Crippen LogP contribution in [0.1, 0.15) is 10.5 Å². The molecule has 2 amide bonds. The number of nitrogens with one attached hydrogen (secondary N) is 3. The number of amides is 2. The summed E-state index contributed by atoms with van der Waals surface area (Å²) in [5.41, 5.74) is -0.255. The Bertz CT molecular complexity index is 447. The predicted molar refractivity (Wildman–Crippen MR) is 50.3 cm³/mol. The molecule has 1 aliphatic heterocycles. The van der Waals surface area contributed by atoms with Gasteiger partial charge in [0.15, 0.2) is 0 Å². The molecular weight excluding hydrogens is 200 g/mol. The van der Waals surface area contributed by atoms with Crippen LogP contribution in [-0.2, 0) is 4.79 Å². The molecule has 1 fully saturated rings. The van der Waals surface area contributed by atoms with Crippen LogP contribution < -0.4 is 11.0 Å². The van der Waals surface area contributed by atoms with E-state index in [2.05, 4.69) is 15.3 Å². The smallest absolute Gasteiger partial charge is 0.323 e. The predicted octanol–water partition coefficient (Wildman–Crippen LogP) is -1.72. The Kier molecular flexibility index (Phi) is 2.28. The van der Waals surface area contributed by atoms with Crippen molar-refractivity contribution in [1.82, 2.24) is 20.2 Å². The molecule has 0 aliphatic carbocycles. The molecule has 7 heteroatoms. The van der Waals surface area contributed by atoms with Crippen molar-refractivity contribution in [3.05, 3.63) is 22.4 Å². The van der Waals surface area contributed by atoms with E-state index in [1.165, 1.54) is 11.1 Å². The topological polar surface area (TPSA) is 98.1 Å². The van der Waals surface area contributed by atoms with Crippen molar-refractivity contribution < 1.29 is 9.59 Å². The van der Waals surface area contributed by atoms with Crippen molar-refractivity contribution in [2.24, 2.45) is 0 Å². The molecule has 1 aliphatic rings. The molecular formula is C8H10N4O3. The third kappa shape index (κ3) is 1.90. The first kappa shape index (κ1) is 9.50. The number of aromatic nitrogens is 2. The zero-order chi connectivity index (χ0) is 10.8. The van der Waals surface area contributed by atoms with Crippen molar-refractivity contribution in [3.63, 3.8) is 0 Å². The first-order chi connectivity index (χ1) is 7.16. The van der Waals surface area contributed by atoms with Gasteiger partial charge in [0, 0.05) is 19.3 Å². The summed E-state index contributed by atoms with van der Waals surface area (Å²) < 4.78 is 0. The molecule has 2 heterocycles. The van der Waals surface area contributed by atoms with E-state index in [1.54, 1.807) is 0 Å². The first-order valence-electron chi connectivity index (χ1n) is 4.50. The Morgan fingerprint density at radius 2 is 2.20 bits per heavy atom. The molecule has 7 nitrogen and oxygen atoms in total. The van der Waals surface area contributed by atoms with Gasteiger partial charge in [-0.15, -0.1) is 0 Å². The van der Waals surface area contributed by atoms with Crippen LogP contribution in [0.15, 0.2) is 11.0 Å². The van der Waals surface area contributed by atoms with Gasteiger partial charge < -0.3 is 20.2 Å². The lowest BCUT2D eigenvalue weighted by molar-refractivity contribution is -0.123. The van der Waals surface area contributed by atoms with E-state index in [1.807, 2.05) is 0 Å². The fourth-order valence-corrected chi connectivity index (χ4v) is 1.43. The average Bonchev–Trinajstić information content (AvgIpc) is 2.64. The monoisotopic (exact) mass is 210 g/mol. The maximum Gasteiger partial charge on any atom is 0.323 e. The second-order valence-corrected chi connectivity index (χ2v) is 3.23. The molecule has 2 rings (SSSR count). The maximum absolute atomic E-state index is 11.7. The maximum atomic E-state index is 11.7. The van der Waals surface area contributed by atoms with Gasteiger partial charge in [-0.25, -0.2) is 4.79 Å². The first-order valence-corrected chi connectivity index (χ1v) is 4.50. The molecule has 0 radical (unpaired) electrons. The zero-order valence-electron chi connectivity index (χ0n) is 7.87. The summed E-state index contributed by atoms with van der Waals surface area (Å²) in [6.07, 6.45) is 1.30. The van der Waals surface area contributed by atoms with E-state index in [0.717, 1.165) is 0 Å². The SMILES string of the molecule is O=C1CN(C(=O)c2c[nH]c(=O)[nH]2)CCN1. The minimum absolute atomic E-state index is 0.0338. The highest BCUT2D eigenvalue weighted by atomic mass is 16.2. The van der Waals surface area contributed by atoms with E-state index >= 15 is 0 Å². The van der Waals surface area contributed by atoms with Crippen LogP contribution in [-0.4, -0.2) is 46.3 Å². The molecule has 15 heavy (non-hydrogen) atoms. The number of imidazole rings is 1. The summed E-state index contributed by atoms with van der Waals surface area (Å²) in [6, 6.07) is 0. The number of hydrogen-bond donors (Lipinski definition) is 3. The van der Waals surface area contributed by atoms with E-state index in [9.17, 15) is 14.4 Å². The number of rotatable bonds is 1. The van der Waals surface area contributed by atoms with Gasteiger partial charge in [-0.05, 0) is 0 Å². The van der Waals surface area contributed by atoms with Crippen LogP contribution in [0.3, 0.4) is 0 Å². The number of carbonyl (C=O) groups excluding carboxylic acids is 2. The number of piperazine rings is 1. The average molecular weight is 210 g/mol. The van der Waals surface area contributed by atoms with E-state index in [0.29, 0.717) is 13.1 Å². The van der Waals surface area contributed by atoms with E-state index < -0.39 is 5.69 Å². The molecule has 0 atom stereocenters. The number of hydrogen-bond acceptors (Lipinski definition) is 3. The summed E-state index contributed by atoms with van der Waals surface area (Å²) in [4.78, 5) is 39.6. The van der Waals surface area contributed by atoms with Gasteiger partial charge in [0.25, 0.3) is 5.91 Å². The molecule has 1 aromatic heterocycles. The minimum Gasteiger partial charge on any atom is -0.353 e. The normalized spacial score (nSPS) is 16.3. The quantitative estimate of drug-likeness (QED) is 0.514. The summed E-state index contributed by atoms with van der Waals surface area (Å²) in [5.74, 6) is -0.532. The Morgan fingerprint density at radius 1 is 1.40 bits per heavy atom. The van der Waals surface area contributed by atoms with E-state index in [-0.39, 0.29) is 24.1 Å². The van der Waals surface area contributed by atoms with Gasteiger partial charge in [0.05, 0.1) is 6.54 Å². The van der Waals surface area contributed by atoms with Crippen LogP contribution in [0.2, 0.25) is 0 Å². The summed E-state index contributed by atoms with van der Waals surface area (Å²) >= 11 is 0. The van der Waals surface area contributed by atoms with Crippen molar-refractivity contribution in [2.75, 3.05) is 19.6 Å². The van der Waals surface area contributed by atoms with Crippen LogP contribution >= 0.6 is 0 Å². The van der Waals surface area contributed by atoms with Crippen molar-refractivity contribution in [1.29, 1.82) is 0 Å². The Balaban J connectivity index is 2.13. The van der Waals surface area contributed by atoms with Crippen LogP contribution in [0.25, 0.3) is 0 Å². The number of nitrogens with zero attached hydrogens (tertiary/aromatic N) is 1. The van der Waals surface area contributed by atoms with Crippen LogP contribution in [0.5, 0.6) is 0 Å². The van der Waals surface area contributed by atoms with E-state index in [4.69, 9.17) is 0 Å². The summed E-state index contributed by atoms with van der Waals surface area (Å²) in [6.45, 7) is 0.934. The van der Waals surface area contributed by atoms with Gasteiger partial charge in [0.1, 0.15) is 5.69 Å². The number of carbonyl (C=O) groups is 2. The second-order valence-electron chi connectivity index (χ2n) is 3.23. The highest BCUT2D eigenvalue weighted by Crippen LogP contribution is 2.00. The molecule has 0 spiro atoms. The molecule has 0 unspecified atom stereocenters. The van der Waals surface area contributed by atoms with Crippen molar-refractivity contribution >= 4 is 11.8 Å². The lowest BCUT2D eigenvalue weighted by atomic mass is 10.3. The lowest BCUT2D eigenvalue weighted by Crippen LogP contribution is -2.50. The van der Waals surface area contributed by atoms with Gasteiger partial charge in [-0.3, -0.25) is 9.59 Å². The molecule has 0 saturated carbocycles. The zero-order valence-corrected chi connectivity index (χ0v) is 7.87. The largest absolute Gasteiger partial charge is 0.353 e. The standard InChI is InChI=1S/C8H10N4O3/c13-6-4-12(2-1-9-6)7(14)5-3-10-8(15)11-5/h3H,1-2,4H2,(H,9,13)(H2,10,11,15). The van der Waals surface area contributed by atoms with Crippen LogP contribution in [0.4, 0.5) is 0 Å². The number of H-pyrrole nitrogens is 2. The molecule has 0 bridgehead atoms. The Hall–Kier alpha value is -2.05. The lowest BCUT2D eigenvalue weighted by Gasteiger charge is -2.25. The molecule has 1 saturated heterocycles. The molecule has 1 aromatic rings. The highest BCUT2D eigenvalue weighted by molar-refractivity contribution is 5.95. The fraction of sp³-hybridized carbons (Fsp3) is 0.375. The van der Waals surface area contributed by atoms with Gasteiger partial charge in [-0.1, -0.05) is 0 Å². The third-order valence-corrected chi connectivity index (χ3v) is 2.15. The molecule has 3 N–H and O–H groups in total. The van der Waals surface area contributed by atoms with Gasteiger partial charge in [-0.2, -0.15) is 0 Å². The molecule has 80 valence electrons. The third-order valence-electron chi connectivity index (χ3n) is 2.15. The van der Waals surface area contributed by atoms with Gasteiger partial charge in [0.2, 0.25) is 5.91 Å². The number of aromatic amines is 2.